The lowest BCUT2D eigenvalue weighted by molar-refractivity contribution is -0.147. The van der Waals surface area contributed by atoms with Crippen LogP contribution >= 0.6 is 0 Å². The van der Waals surface area contributed by atoms with E-state index in [0.29, 0.717) is 11.5 Å². The second kappa shape index (κ2) is 3.66. The summed E-state index contributed by atoms with van der Waals surface area (Å²) in [5.74, 6) is 0.0763. The first-order valence-electron chi connectivity index (χ1n) is 5.29. The fourth-order valence-electron chi connectivity index (χ4n) is 1.88. The van der Waals surface area contributed by atoms with E-state index in [1.165, 1.54) is 0 Å². The minimum Gasteiger partial charge on any atom is -0.485 e. The van der Waals surface area contributed by atoms with Gasteiger partial charge in [0.15, 0.2) is 11.5 Å². The second-order valence-electron chi connectivity index (χ2n) is 3.90. The lowest BCUT2D eigenvalue weighted by atomic mass is 10.1. The normalized spacial score (nSPS) is 18.0. The smallest absolute Gasteiger partial charge is 0.348 e. The van der Waals surface area contributed by atoms with Crippen LogP contribution in [-0.4, -0.2) is 23.8 Å². The van der Waals surface area contributed by atoms with E-state index in [-0.39, 0.29) is 6.61 Å². The Labute approximate surface area is 97.4 Å². The first-order chi connectivity index (χ1) is 8.24. The molecule has 0 aliphatic carbocycles. The summed E-state index contributed by atoms with van der Waals surface area (Å²) in [6.07, 6.45) is -0.927. The van der Waals surface area contributed by atoms with Gasteiger partial charge in [-0.2, -0.15) is 0 Å². The van der Waals surface area contributed by atoms with Gasteiger partial charge in [0, 0.05) is 0 Å². The Bertz CT molecular complexity index is 591. The Morgan fingerprint density at radius 3 is 2.47 bits per heavy atom. The molecule has 1 heterocycles. The maximum Gasteiger partial charge on any atom is 0.348 e. The number of hydrogen-bond donors (Lipinski definition) is 1. The minimum absolute atomic E-state index is 0.0423. The summed E-state index contributed by atoms with van der Waals surface area (Å²) < 4.78 is 10.8. The highest BCUT2D eigenvalue weighted by atomic mass is 16.6. The van der Waals surface area contributed by atoms with Crippen molar-refractivity contribution in [1.82, 2.24) is 0 Å². The molecule has 2 aromatic carbocycles. The molecule has 17 heavy (non-hydrogen) atoms. The monoisotopic (exact) mass is 230 g/mol. The third-order valence-corrected chi connectivity index (χ3v) is 2.75. The van der Waals surface area contributed by atoms with Gasteiger partial charge in [0.05, 0.1) is 0 Å². The molecule has 1 aliphatic rings. The molecule has 0 spiro atoms. The van der Waals surface area contributed by atoms with Crippen molar-refractivity contribution in [3.05, 3.63) is 36.4 Å². The summed E-state index contributed by atoms with van der Waals surface area (Å²) in [6.45, 7) is 0.0423. The molecular weight excluding hydrogens is 220 g/mol. The van der Waals surface area contributed by atoms with E-state index < -0.39 is 12.1 Å². The van der Waals surface area contributed by atoms with Gasteiger partial charge in [-0.25, -0.2) is 4.79 Å². The molecule has 0 amide bonds. The molecule has 0 unspecified atom stereocenters. The van der Waals surface area contributed by atoms with E-state index in [1.54, 1.807) is 6.07 Å². The maximum atomic E-state index is 10.8. The maximum absolute atomic E-state index is 10.8. The summed E-state index contributed by atoms with van der Waals surface area (Å²) in [7, 11) is 0. The number of carboxylic acids is 1. The van der Waals surface area contributed by atoms with Crippen LogP contribution < -0.4 is 9.47 Å². The molecule has 3 rings (SSSR count). The Morgan fingerprint density at radius 1 is 1.18 bits per heavy atom. The van der Waals surface area contributed by atoms with Gasteiger partial charge in [0.25, 0.3) is 0 Å². The zero-order valence-corrected chi connectivity index (χ0v) is 8.92. The first kappa shape index (κ1) is 9.96. The van der Waals surface area contributed by atoms with E-state index in [9.17, 15) is 4.79 Å². The van der Waals surface area contributed by atoms with Gasteiger partial charge in [0.2, 0.25) is 6.10 Å². The Kier molecular flexibility index (Phi) is 2.14. The van der Waals surface area contributed by atoms with E-state index in [2.05, 4.69) is 0 Å². The molecular formula is C13H10O4. The fourth-order valence-corrected chi connectivity index (χ4v) is 1.88. The number of benzene rings is 2. The van der Waals surface area contributed by atoms with Gasteiger partial charge in [-0.05, 0) is 22.9 Å². The Hall–Kier alpha value is -2.23. The average Bonchev–Trinajstić information content (AvgIpc) is 2.35. The lowest BCUT2D eigenvalue weighted by Gasteiger charge is -2.24. The van der Waals surface area contributed by atoms with Crippen LogP contribution in [0.3, 0.4) is 0 Å². The van der Waals surface area contributed by atoms with Crippen LogP contribution in [0.5, 0.6) is 11.5 Å². The van der Waals surface area contributed by atoms with Crippen molar-refractivity contribution in [2.24, 2.45) is 0 Å². The predicted molar refractivity (Wildman–Crippen MR) is 61.5 cm³/mol. The zero-order chi connectivity index (χ0) is 11.8. The molecule has 0 aromatic heterocycles. The number of carbonyl (C=O) groups is 1. The molecule has 0 saturated heterocycles. The van der Waals surface area contributed by atoms with Gasteiger partial charge in [-0.15, -0.1) is 0 Å². The molecule has 4 heteroatoms. The van der Waals surface area contributed by atoms with E-state index >= 15 is 0 Å². The highest BCUT2D eigenvalue weighted by Gasteiger charge is 2.27. The minimum atomic E-state index is -1.01. The Balaban J connectivity index is 2.07. The number of carboxylic acid groups (broad SMARTS) is 1. The average molecular weight is 230 g/mol. The third-order valence-electron chi connectivity index (χ3n) is 2.75. The van der Waals surface area contributed by atoms with Crippen LogP contribution in [0.15, 0.2) is 36.4 Å². The van der Waals surface area contributed by atoms with Crippen LogP contribution in [0.25, 0.3) is 10.8 Å². The SMILES string of the molecule is O=C(O)[C@@H]1COc2cc3ccccc3cc2O1. The molecule has 0 fully saturated rings. The number of hydrogen-bond acceptors (Lipinski definition) is 3. The van der Waals surface area contributed by atoms with Crippen LogP contribution in [0.2, 0.25) is 0 Å². The summed E-state index contributed by atoms with van der Waals surface area (Å²) in [5, 5.41) is 10.9. The van der Waals surface area contributed by atoms with Gasteiger partial charge in [-0.1, -0.05) is 24.3 Å². The van der Waals surface area contributed by atoms with Crippen LogP contribution in [0, 0.1) is 0 Å². The summed E-state index contributed by atoms with van der Waals surface area (Å²) in [4.78, 5) is 10.8. The molecule has 0 saturated carbocycles. The molecule has 1 N–H and O–H groups in total. The standard InChI is InChI=1S/C13H10O4/c14-13(15)12-7-16-10-5-8-3-1-2-4-9(8)6-11(10)17-12/h1-6,12H,7H2,(H,14,15)/t12-/m0/s1. The largest absolute Gasteiger partial charge is 0.485 e. The van der Waals surface area contributed by atoms with Gasteiger partial charge < -0.3 is 14.6 Å². The van der Waals surface area contributed by atoms with E-state index in [0.717, 1.165) is 10.8 Å². The van der Waals surface area contributed by atoms with Crippen LogP contribution in [0.4, 0.5) is 0 Å². The highest BCUT2D eigenvalue weighted by Crippen LogP contribution is 2.35. The van der Waals surface area contributed by atoms with Crippen molar-refractivity contribution >= 4 is 16.7 Å². The van der Waals surface area contributed by atoms with Crippen molar-refractivity contribution in [3.63, 3.8) is 0 Å². The lowest BCUT2D eigenvalue weighted by Crippen LogP contribution is -2.36. The van der Waals surface area contributed by atoms with Gasteiger partial charge >= 0.3 is 5.97 Å². The van der Waals surface area contributed by atoms with E-state index in [4.69, 9.17) is 14.6 Å². The van der Waals surface area contributed by atoms with Crippen molar-refractivity contribution < 1.29 is 19.4 Å². The van der Waals surface area contributed by atoms with Crippen molar-refractivity contribution in [2.45, 2.75) is 6.10 Å². The molecule has 2 aromatic rings. The van der Waals surface area contributed by atoms with Crippen LogP contribution in [0.1, 0.15) is 0 Å². The first-order valence-corrected chi connectivity index (χ1v) is 5.29. The Morgan fingerprint density at radius 2 is 1.82 bits per heavy atom. The van der Waals surface area contributed by atoms with E-state index in [1.807, 2.05) is 30.3 Å². The quantitative estimate of drug-likeness (QED) is 0.814. The summed E-state index contributed by atoms with van der Waals surface area (Å²) in [6, 6.07) is 11.5. The van der Waals surface area contributed by atoms with Crippen LogP contribution in [-0.2, 0) is 4.79 Å². The zero-order valence-electron chi connectivity index (χ0n) is 8.92. The molecule has 0 radical (unpaired) electrons. The summed E-state index contributed by atoms with van der Waals surface area (Å²) in [5.41, 5.74) is 0. The third kappa shape index (κ3) is 1.67. The molecule has 0 bridgehead atoms. The van der Waals surface area contributed by atoms with Crippen molar-refractivity contribution in [2.75, 3.05) is 6.61 Å². The number of rotatable bonds is 1. The highest BCUT2D eigenvalue weighted by molar-refractivity contribution is 5.86. The summed E-state index contributed by atoms with van der Waals surface area (Å²) >= 11 is 0. The van der Waals surface area contributed by atoms with Crippen molar-refractivity contribution in [1.29, 1.82) is 0 Å². The fraction of sp³-hybridized carbons (Fsp3) is 0.154. The van der Waals surface area contributed by atoms with Gasteiger partial charge in [0.1, 0.15) is 6.61 Å². The van der Waals surface area contributed by atoms with Gasteiger partial charge in [-0.3, -0.25) is 0 Å². The molecule has 1 atom stereocenters. The van der Waals surface area contributed by atoms with Crippen molar-refractivity contribution in [3.8, 4) is 11.5 Å². The number of fused-ring (bicyclic) bond motifs is 2. The predicted octanol–water partition coefficient (Wildman–Crippen LogP) is 2.06. The molecule has 1 aliphatic heterocycles. The molecule has 86 valence electrons. The second-order valence-corrected chi connectivity index (χ2v) is 3.90. The number of ether oxygens (including phenoxy) is 2. The topological polar surface area (TPSA) is 55.8 Å². The number of aliphatic carboxylic acids is 1. The molecule has 4 nitrogen and oxygen atoms in total.